The molecule has 0 unspecified atom stereocenters. The third-order valence-electron chi connectivity index (χ3n) is 3.81. The van der Waals surface area contributed by atoms with E-state index in [2.05, 4.69) is 11.1 Å². The van der Waals surface area contributed by atoms with Gasteiger partial charge >= 0.3 is 0 Å². The second kappa shape index (κ2) is 8.50. The fraction of sp³-hybridized carbons (Fsp3) is 0.0909. The molecule has 0 fully saturated rings. The highest BCUT2D eigenvalue weighted by Gasteiger charge is 2.05. The van der Waals surface area contributed by atoms with Crippen molar-refractivity contribution in [2.45, 2.75) is 6.61 Å². The van der Waals surface area contributed by atoms with Gasteiger partial charge in [-0.3, -0.25) is 4.99 Å². The molecule has 3 aromatic carbocycles. The van der Waals surface area contributed by atoms with Crippen LogP contribution in [0, 0.1) is 11.3 Å². The lowest BCUT2D eigenvalue weighted by Crippen LogP contribution is -1.99. The summed E-state index contributed by atoms with van der Waals surface area (Å²) in [6, 6.07) is 24.8. The molecule has 26 heavy (non-hydrogen) atoms. The Morgan fingerprint density at radius 1 is 1.00 bits per heavy atom. The van der Waals surface area contributed by atoms with Crippen LogP contribution >= 0.6 is 0 Å². The number of hydrogen-bond donors (Lipinski definition) is 0. The molecule has 0 heterocycles. The van der Waals surface area contributed by atoms with Crippen LogP contribution in [0.2, 0.25) is 0 Å². The fourth-order valence-corrected chi connectivity index (χ4v) is 2.37. The lowest BCUT2D eigenvalue weighted by atomic mass is 10.2. The molecule has 0 saturated heterocycles. The average Bonchev–Trinajstić information content (AvgIpc) is 2.72. The normalized spacial score (nSPS) is 10.5. The number of benzene rings is 3. The van der Waals surface area contributed by atoms with Crippen LogP contribution in [-0.2, 0) is 6.61 Å². The number of aliphatic imine (C=N–C) groups is 1. The Kier molecular flexibility index (Phi) is 5.64. The predicted molar refractivity (Wildman–Crippen MR) is 102 cm³/mol. The molecule has 0 atom stereocenters. The maximum absolute atomic E-state index is 8.86. The molecule has 0 N–H and O–H groups in total. The quantitative estimate of drug-likeness (QED) is 0.599. The van der Waals surface area contributed by atoms with Crippen LogP contribution in [0.3, 0.4) is 0 Å². The van der Waals surface area contributed by atoms with Gasteiger partial charge in [0.15, 0.2) is 0 Å². The minimum atomic E-state index is 0.464. The fourth-order valence-electron chi connectivity index (χ4n) is 2.37. The summed E-state index contributed by atoms with van der Waals surface area (Å²) in [4.78, 5) is 4.47. The Morgan fingerprint density at radius 2 is 1.77 bits per heavy atom. The molecule has 0 aliphatic rings. The van der Waals surface area contributed by atoms with Crippen molar-refractivity contribution in [1.82, 2.24) is 0 Å². The first-order valence-electron chi connectivity index (χ1n) is 8.17. The largest absolute Gasteiger partial charge is 0.497 e. The van der Waals surface area contributed by atoms with Gasteiger partial charge in [-0.1, -0.05) is 30.3 Å². The van der Waals surface area contributed by atoms with Crippen LogP contribution in [0.15, 0.2) is 77.8 Å². The first-order chi connectivity index (χ1) is 12.8. The van der Waals surface area contributed by atoms with E-state index in [-0.39, 0.29) is 0 Å². The molecule has 0 aliphatic carbocycles. The van der Waals surface area contributed by atoms with E-state index in [1.54, 1.807) is 25.5 Å². The third-order valence-corrected chi connectivity index (χ3v) is 3.81. The van der Waals surface area contributed by atoms with Gasteiger partial charge in [-0.15, -0.1) is 0 Å². The molecule has 0 aromatic heterocycles. The Labute approximate surface area is 153 Å². The molecule has 0 saturated carbocycles. The lowest BCUT2D eigenvalue weighted by molar-refractivity contribution is 0.303. The highest BCUT2D eigenvalue weighted by molar-refractivity contribution is 5.85. The zero-order chi connectivity index (χ0) is 18.2. The van der Waals surface area contributed by atoms with E-state index < -0.39 is 0 Å². The van der Waals surface area contributed by atoms with Gasteiger partial charge in [0.05, 0.1) is 24.4 Å². The van der Waals surface area contributed by atoms with Gasteiger partial charge in [0.1, 0.15) is 18.1 Å². The summed E-state index contributed by atoms with van der Waals surface area (Å²) in [6.45, 7) is 0.464. The molecule has 0 bridgehead atoms. The molecule has 128 valence electrons. The van der Waals surface area contributed by atoms with E-state index in [4.69, 9.17) is 14.7 Å². The number of methoxy groups -OCH3 is 1. The topological polar surface area (TPSA) is 54.6 Å². The molecule has 0 amide bonds. The van der Waals surface area contributed by atoms with Crippen molar-refractivity contribution in [2.24, 2.45) is 4.99 Å². The highest BCUT2D eigenvalue weighted by Crippen LogP contribution is 2.25. The summed E-state index contributed by atoms with van der Waals surface area (Å²) < 4.78 is 11.3. The van der Waals surface area contributed by atoms with Gasteiger partial charge in [0.2, 0.25) is 0 Å². The van der Waals surface area contributed by atoms with E-state index in [1.165, 1.54) is 0 Å². The Balaban J connectivity index is 1.81. The molecule has 4 nitrogen and oxygen atoms in total. The van der Waals surface area contributed by atoms with E-state index in [0.717, 1.165) is 22.6 Å². The number of rotatable bonds is 6. The van der Waals surface area contributed by atoms with Gasteiger partial charge in [-0.25, -0.2) is 0 Å². The minimum absolute atomic E-state index is 0.464. The molecular formula is C22H18N2O2. The predicted octanol–water partition coefficient (Wildman–Crippen LogP) is 4.90. The zero-order valence-corrected chi connectivity index (χ0v) is 14.4. The van der Waals surface area contributed by atoms with E-state index in [1.807, 2.05) is 60.7 Å². The molecule has 3 aromatic rings. The van der Waals surface area contributed by atoms with Gasteiger partial charge in [0, 0.05) is 17.8 Å². The number of hydrogen-bond acceptors (Lipinski definition) is 4. The Bertz CT molecular complexity index is 927. The zero-order valence-electron chi connectivity index (χ0n) is 14.4. The van der Waals surface area contributed by atoms with Gasteiger partial charge in [0.25, 0.3) is 0 Å². The standard InChI is InChI=1S/C22H18N2O2/c1-25-21-12-9-19(15-24-20-10-7-17(14-23)8-11-20)22(13-21)26-16-18-5-3-2-4-6-18/h2-13,15H,16H2,1H3. The smallest absolute Gasteiger partial charge is 0.132 e. The van der Waals surface area contributed by atoms with Gasteiger partial charge < -0.3 is 9.47 Å². The summed E-state index contributed by atoms with van der Waals surface area (Å²) in [7, 11) is 1.63. The molecule has 0 spiro atoms. The molecule has 3 rings (SSSR count). The second-order valence-electron chi connectivity index (χ2n) is 5.59. The van der Waals surface area contributed by atoms with Crippen LogP contribution < -0.4 is 9.47 Å². The van der Waals surface area contributed by atoms with Crippen LogP contribution in [0.25, 0.3) is 0 Å². The number of ether oxygens (including phenoxy) is 2. The van der Waals surface area contributed by atoms with Crippen molar-refractivity contribution in [3.05, 3.63) is 89.5 Å². The van der Waals surface area contributed by atoms with Crippen LogP contribution in [0.5, 0.6) is 11.5 Å². The van der Waals surface area contributed by atoms with Crippen LogP contribution in [-0.4, -0.2) is 13.3 Å². The molecule has 0 radical (unpaired) electrons. The third kappa shape index (κ3) is 4.49. The van der Waals surface area contributed by atoms with Crippen LogP contribution in [0.1, 0.15) is 16.7 Å². The molecular weight excluding hydrogens is 324 g/mol. The SMILES string of the molecule is COc1ccc(C=Nc2ccc(C#N)cc2)c(OCc2ccccc2)c1. The van der Waals surface area contributed by atoms with Crippen molar-refractivity contribution >= 4 is 11.9 Å². The first kappa shape index (κ1) is 17.2. The maximum Gasteiger partial charge on any atom is 0.132 e. The highest BCUT2D eigenvalue weighted by atomic mass is 16.5. The first-order valence-corrected chi connectivity index (χ1v) is 8.17. The second-order valence-corrected chi connectivity index (χ2v) is 5.59. The molecule has 4 heteroatoms. The van der Waals surface area contributed by atoms with Crippen LogP contribution in [0.4, 0.5) is 5.69 Å². The monoisotopic (exact) mass is 342 g/mol. The average molecular weight is 342 g/mol. The van der Waals surface area contributed by atoms with E-state index in [9.17, 15) is 0 Å². The summed E-state index contributed by atoms with van der Waals surface area (Å²) in [5.74, 6) is 1.43. The van der Waals surface area contributed by atoms with Crippen molar-refractivity contribution in [2.75, 3.05) is 7.11 Å². The van der Waals surface area contributed by atoms with Gasteiger partial charge in [-0.05, 0) is 42.0 Å². The Morgan fingerprint density at radius 3 is 2.46 bits per heavy atom. The number of nitriles is 1. The summed E-state index contributed by atoms with van der Waals surface area (Å²) >= 11 is 0. The maximum atomic E-state index is 8.86. The van der Waals surface area contributed by atoms with Crippen molar-refractivity contribution in [3.63, 3.8) is 0 Å². The lowest BCUT2D eigenvalue weighted by Gasteiger charge is -2.11. The summed E-state index contributed by atoms with van der Waals surface area (Å²) in [5, 5.41) is 8.86. The number of nitrogens with zero attached hydrogens (tertiary/aromatic N) is 2. The summed E-state index contributed by atoms with van der Waals surface area (Å²) in [6.07, 6.45) is 1.75. The Hall–Kier alpha value is -3.58. The minimum Gasteiger partial charge on any atom is -0.497 e. The van der Waals surface area contributed by atoms with E-state index in [0.29, 0.717) is 17.9 Å². The van der Waals surface area contributed by atoms with Crippen molar-refractivity contribution in [3.8, 4) is 17.6 Å². The van der Waals surface area contributed by atoms with Crippen molar-refractivity contribution < 1.29 is 9.47 Å². The van der Waals surface area contributed by atoms with E-state index >= 15 is 0 Å². The van der Waals surface area contributed by atoms with Crippen molar-refractivity contribution in [1.29, 1.82) is 5.26 Å². The van der Waals surface area contributed by atoms with Gasteiger partial charge in [-0.2, -0.15) is 5.26 Å². The molecule has 0 aliphatic heterocycles. The summed E-state index contributed by atoms with van der Waals surface area (Å²) in [5.41, 5.74) is 3.32.